The maximum Gasteiger partial charge on any atom is 0.258 e. The Morgan fingerprint density at radius 3 is 2.59 bits per heavy atom. The molecule has 0 saturated heterocycles. The van der Waals surface area contributed by atoms with E-state index < -0.39 is 15.9 Å². The Bertz CT molecular complexity index is 531. The summed E-state index contributed by atoms with van der Waals surface area (Å²) in [5.74, 6) is -0.452. The van der Waals surface area contributed by atoms with E-state index in [2.05, 4.69) is 0 Å². The monoisotopic (exact) mass is 296 g/mol. The van der Waals surface area contributed by atoms with Crippen LogP contribution in [0.15, 0.2) is 23.1 Å². The molecule has 17 heavy (non-hydrogen) atoms. The minimum absolute atomic E-state index is 0.0210. The zero-order valence-electron chi connectivity index (χ0n) is 8.83. The number of rotatable bonds is 4. The summed E-state index contributed by atoms with van der Waals surface area (Å²) in [5, 5.41) is 0.254. The topological polar surface area (TPSA) is 75.3 Å². The lowest BCUT2D eigenvalue weighted by Crippen LogP contribution is -2.41. The van der Waals surface area contributed by atoms with E-state index in [4.69, 9.17) is 23.2 Å². The normalized spacial score (nSPS) is 11.2. The SMILES string of the molecule is CCC(=O)NNS(=O)(=O)c1cc(Cl)ccc1Cl. The van der Waals surface area contributed by atoms with Crippen molar-refractivity contribution < 1.29 is 13.2 Å². The highest BCUT2D eigenvalue weighted by molar-refractivity contribution is 7.89. The van der Waals surface area contributed by atoms with Gasteiger partial charge in [0.15, 0.2) is 0 Å². The van der Waals surface area contributed by atoms with Crippen molar-refractivity contribution in [2.75, 3.05) is 0 Å². The lowest BCUT2D eigenvalue weighted by Gasteiger charge is -2.09. The maximum absolute atomic E-state index is 11.8. The van der Waals surface area contributed by atoms with Crippen LogP contribution in [-0.4, -0.2) is 14.3 Å². The molecule has 0 aliphatic carbocycles. The summed E-state index contributed by atoms with van der Waals surface area (Å²) in [6.07, 6.45) is 0.159. The molecule has 5 nitrogen and oxygen atoms in total. The summed E-state index contributed by atoms with van der Waals surface area (Å²) < 4.78 is 23.5. The molecule has 1 aromatic rings. The number of carbonyl (C=O) groups excluding carboxylic acids is 1. The Morgan fingerprint density at radius 1 is 1.35 bits per heavy atom. The highest BCUT2D eigenvalue weighted by atomic mass is 35.5. The van der Waals surface area contributed by atoms with Crippen LogP contribution < -0.4 is 10.3 Å². The van der Waals surface area contributed by atoms with Gasteiger partial charge >= 0.3 is 0 Å². The van der Waals surface area contributed by atoms with Crippen molar-refractivity contribution >= 4 is 39.1 Å². The van der Waals surface area contributed by atoms with Gasteiger partial charge in [0.25, 0.3) is 10.0 Å². The van der Waals surface area contributed by atoms with E-state index in [1.54, 1.807) is 6.92 Å². The van der Waals surface area contributed by atoms with Crippen LogP contribution in [0, 0.1) is 0 Å². The number of sulfonamides is 1. The first-order valence-electron chi connectivity index (χ1n) is 4.62. The van der Waals surface area contributed by atoms with E-state index in [-0.39, 0.29) is 21.4 Å². The second-order valence-corrected chi connectivity index (χ2v) is 5.58. The Labute approximate surface area is 109 Å². The van der Waals surface area contributed by atoms with Crippen LogP contribution in [-0.2, 0) is 14.8 Å². The zero-order chi connectivity index (χ0) is 13.1. The fraction of sp³-hybridized carbons (Fsp3) is 0.222. The van der Waals surface area contributed by atoms with Crippen molar-refractivity contribution in [3.63, 3.8) is 0 Å². The number of amides is 1. The molecule has 8 heteroatoms. The minimum Gasteiger partial charge on any atom is -0.278 e. The Morgan fingerprint density at radius 2 is 2.00 bits per heavy atom. The van der Waals surface area contributed by atoms with Crippen LogP contribution in [0.3, 0.4) is 0 Å². The van der Waals surface area contributed by atoms with Crippen molar-refractivity contribution in [3.8, 4) is 0 Å². The summed E-state index contributed by atoms with van der Waals surface area (Å²) >= 11 is 11.4. The molecule has 0 fully saturated rings. The molecular formula is C9H10Cl2N2O3S. The van der Waals surface area contributed by atoms with Gasteiger partial charge in [-0.25, -0.2) is 8.42 Å². The molecule has 0 aromatic heterocycles. The molecule has 94 valence electrons. The van der Waals surface area contributed by atoms with Gasteiger partial charge in [-0.05, 0) is 18.2 Å². The predicted molar refractivity (Wildman–Crippen MR) is 65.2 cm³/mol. The molecule has 1 amide bonds. The third-order valence-electron chi connectivity index (χ3n) is 1.83. The quantitative estimate of drug-likeness (QED) is 0.831. The Kier molecular flexibility index (Phi) is 4.76. The molecule has 0 saturated carbocycles. The van der Waals surface area contributed by atoms with Crippen molar-refractivity contribution in [3.05, 3.63) is 28.2 Å². The van der Waals surface area contributed by atoms with Crippen molar-refractivity contribution in [2.45, 2.75) is 18.2 Å². The summed E-state index contributed by atoms with van der Waals surface area (Å²) in [7, 11) is -3.92. The minimum atomic E-state index is -3.92. The second kappa shape index (κ2) is 5.68. The largest absolute Gasteiger partial charge is 0.278 e. The third-order valence-corrected chi connectivity index (χ3v) is 3.79. The van der Waals surface area contributed by atoms with E-state index >= 15 is 0 Å². The van der Waals surface area contributed by atoms with Crippen LogP contribution in [0.1, 0.15) is 13.3 Å². The first-order valence-corrected chi connectivity index (χ1v) is 6.86. The number of benzene rings is 1. The molecule has 2 N–H and O–H groups in total. The molecule has 0 bridgehead atoms. The van der Waals surface area contributed by atoms with Crippen molar-refractivity contribution in [2.24, 2.45) is 0 Å². The summed E-state index contributed by atoms with van der Waals surface area (Å²) in [6, 6.07) is 4.03. The Balaban J connectivity index is 2.97. The van der Waals surface area contributed by atoms with Gasteiger partial charge in [0.2, 0.25) is 5.91 Å². The van der Waals surface area contributed by atoms with Crippen LogP contribution in [0.4, 0.5) is 0 Å². The highest BCUT2D eigenvalue weighted by Crippen LogP contribution is 2.24. The van der Waals surface area contributed by atoms with Crippen LogP contribution in [0.5, 0.6) is 0 Å². The summed E-state index contributed by atoms with van der Waals surface area (Å²) in [5.41, 5.74) is 2.04. The van der Waals surface area contributed by atoms with Crippen LogP contribution >= 0.6 is 23.2 Å². The van der Waals surface area contributed by atoms with E-state index in [0.717, 1.165) is 0 Å². The predicted octanol–water partition coefficient (Wildman–Crippen LogP) is 1.71. The van der Waals surface area contributed by atoms with Gasteiger partial charge in [-0.15, -0.1) is 4.83 Å². The lowest BCUT2D eigenvalue weighted by molar-refractivity contribution is -0.121. The number of hydrogen-bond donors (Lipinski definition) is 2. The van der Waals surface area contributed by atoms with Crippen molar-refractivity contribution in [1.29, 1.82) is 0 Å². The molecule has 0 atom stereocenters. The number of hydrogen-bond acceptors (Lipinski definition) is 3. The van der Waals surface area contributed by atoms with Gasteiger partial charge in [-0.1, -0.05) is 30.1 Å². The molecule has 0 aliphatic rings. The summed E-state index contributed by atoms with van der Waals surface area (Å²) in [4.78, 5) is 12.7. The van der Waals surface area contributed by atoms with Gasteiger partial charge in [0.05, 0.1) is 5.02 Å². The second-order valence-electron chi connectivity index (χ2n) is 3.08. The molecule has 0 heterocycles. The average Bonchev–Trinajstić information content (AvgIpc) is 2.29. The van der Waals surface area contributed by atoms with E-state index in [9.17, 15) is 13.2 Å². The van der Waals surface area contributed by atoms with Gasteiger partial charge in [-0.3, -0.25) is 10.2 Å². The smallest absolute Gasteiger partial charge is 0.258 e. The fourth-order valence-electron chi connectivity index (χ4n) is 0.951. The van der Waals surface area contributed by atoms with Gasteiger partial charge in [0, 0.05) is 11.4 Å². The zero-order valence-corrected chi connectivity index (χ0v) is 11.2. The van der Waals surface area contributed by atoms with E-state index in [1.807, 2.05) is 10.3 Å². The van der Waals surface area contributed by atoms with E-state index in [1.165, 1.54) is 18.2 Å². The number of nitrogens with one attached hydrogen (secondary N) is 2. The first kappa shape index (κ1) is 14.2. The molecule has 1 aromatic carbocycles. The summed E-state index contributed by atoms with van der Waals surface area (Å²) in [6.45, 7) is 1.59. The molecule has 1 rings (SSSR count). The molecular weight excluding hydrogens is 287 g/mol. The lowest BCUT2D eigenvalue weighted by atomic mass is 10.4. The molecule has 0 unspecified atom stereocenters. The van der Waals surface area contributed by atoms with Crippen LogP contribution in [0.25, 0.3) is 0 Å². The van der Waals surface area contributed by atoms with Gasteiger partial charge in [0.1, 0.15) is 4.90 Å². The first-order chi connectivity index (χ1) is 7.86. The highest BCUT2D eigenvalue weighted by Gasteiger charge is 2.18. The van der Waals surface area contributed by atoms with Gasteiger partial charge in [-0.2, -0.15) is 0 Å². The van der Waals surface area contributed by atoms with Crippen LogP contribution in [0.2, 0.25) is 10.0 Å². The van der Waals surface area contributed by atoms with Gasteiger partial charge < -0.3 is 0 Å². The standard InChI is InChI=1S/C9H10Cl2N2O3S/c1-2-9(14)12-13-17(15,16)8-5-6(10)3-4-7(8)11/h3-5,13H,2H2,1H3,(H,12,14). The molecule has 0 radical (unpaired) electrons. The number of hydrazine groups is 1. The number of carbonyl (C=O) groups is 1. The third kappa shape index (κ3) is 3.85. The average molecular weight is 297 g/mol. The number of halogens is 2. The van der Waals surface area contributed by atoms with E-state index in [0.29, 0.717) is 0 Å². The maximum atomic E-state index is 11.8. The van der Waals surface area contributed by atoms with Crippen molar-refractivity contribution in [1.82, 2.24) is 10.3 Å². The molecule has 0 aliphatic heterocycles. The Hall–Kier alpha value is -0.820. The fourth-order valence-corrected chi connectivity index (χ4v) is 2.57. The molecule has 0 spiro atoms.